The molecule has 1 heterocycles. The lowest BCUT2D eigenvalue weighted by Gasteiger charge is -2.22. The molecule has 2 rings (SSSR count). The Morgan fingerprint density at radius 3 is 2.53 bits per heavy atom. The Morgan fingerprint density at radius 2 is 1.94 bits per heavy atom. The summed E-state index contributed by atoms with van der Waals surface area (Å²) in [7, 11) is 0. The second kappa shape index (κ2) is 4.85. The van der Waals surface area contributed by atoms with Crippen molar-refractivity contribution in [3.8, 4) is 0 Å². The number of carboxylic acids is 1. The molecule has 5 heteroatoms. The number of rotatable bonds is 4. The predicted octanol–water partition coefficient (Wildman–Crippen LogP) is 1.17. The van der Waals surface area contributed by atoms with Gasteiger partial charge in [0.25, 0.3) is 0 Å². The molecule has 5 nitrogen and oxygen atoms in total. The first-order chi connectivity index (χ1) is 8.09. The Bertz CT molecular complexity index is 346. The van der Waals surface area contributed by atoms with Gasteiger partial charge in [-0.15, -0.1) is 0 Å². The molecule has 17 heavy (non-hydrogen) atoms. The fraction of sp³-hybridized carbons (Fsp3) is 0.750. The molecule has 1 saturated heterocycles. The van der Waals surface area contributed by atoms with E-state index in [1.807, 2.05) is 0 Å². The highest BCUT2D eigenvalue weighted by Gasteiger charge is 2.42. The SMILES string of the molecule is O=C(O)CCC1CC(=O)N(C2CCCC2)C1=O. The van der Waals surface area contributed by atoms with Crippen molar-refractivity contribution >= 4 is 17.8 Å². The molecule has 1 aliphatic carbocycles. The highest BCUT2D eigenvalue weighted by molar-refractivity contribution is 6.04. The van der Waals surface area contributed by atoms with E-state index < -0.39 is 11.9 Å². The van der Waals surface area contributed by atoms with E-state index >= 15 is 0 Å². The highest BCUT2D eigenvalue weighted by Crippen LogP contribution is 2.32. The van der Waals surface area contributed by atoms with E-state index in [1.165, 1.54) is 4.90 Å². The summed E-state index contributed by atoms with van der Waals surface area (Å²) in [5.74, 6) is -1.58. The molecule has 0 spiro atoms. The molecule has 0 radical (unpaired) electrons. The van der Waals surface area contributed by atoms with E-state index in [0.29, 0.717) is 0 Å². The van der Waals surface area contributed by atoms with Gasteiger partial charge in [0.15, 0.2) is 0 Å². The summed E-state index contributed by atoms with van der Waals surface area (Å²) >= 11 is 0. The topological polar surface area (TPSA) is 74.7 Å². The van der Waals surface area contributed by atoms with Crippen molar-refractivity contribution < 1.29 is 19.5 Å². The molecule has 2 aliphatic rings. The van der Waals surface area contributed by atoms with Gasteiger partial charge in [0.2, 0.25) is 11.8 Å². The Kier molecular flexibility index (Phi) is 3.45. The molecule has 1 aliphatic heterocycles. The van der Waals surface area contributed by atoms with Crippen molar-refractivity contribution in [3.05, 3.63) is 0 Å². The normalized spacial score (nSPS) is 25.9. The largest absolute Gasteiger partial charge is 0.481 e. The van der Waals surface area contributed by atoms with Crippen LogP contribution in [0.4, 0.5) is 0 Å². The lowest BCUT2D eigenvalue weighted by atomic mass is 10.0. The number of aliphatic carboxylic acids is 1. The molecular weight excluding hydrogens is 222 g/mol. The van der Waals surface area contributed by atoms with E-state index in [2.05, 4.69) is 0 Å². The van der Waals surface area contributed by atoms with Crippen LogP contribution in [0.3, 0.4) is 0 Å². The number of nitrogens with zero attached hydrogens (tertiary/aromatic N) is 1. The average Bonchev–Trinajstić information content (AvgIpc) is 2.84. The maximum absolute atomic E-state index is 12.0. The Labute approximate surface area is 99.8 Å². The van der Waals surface area contributed by atoms with E-state index in [0.717, 1.165) is 25.7 Å². The van der Waals surface area contributed by atoms with Crippen molar-refractivity contribution in [2.24, 2.45) is 5.92 Å². The quantitative estimate of drug-likeness (QED) is 0.747. The second-order valence-corrected chi connectivity index (χ2v) is 4.87. The standard InChI is InChI=1S/C12H17NO4/c14-10-7-8(5-6-11(15)16)12(17)13(10)9-3-1-2-4-9/h8-9H,1-7H2,(H,15,16). The van der Waals surface area contributed by atoms with Crippen molar-refractivity contribution in [1.29, 1.82) is 0 Å². The third kappa shape index (κ3) is 2.48. The maximum Gasteiger partial charge on any atom is 0.303 e. The fourth-order valence-electron chi connectivity index (χ4n) is 2.79. The Hall–Kier alpha value is -1.39. The van der Waals surface area contributed by atoms with Gasteiger partial charge in [0.05, 0.1) is 0 Å². The van der Waals surface area contributed by atoms with E-state index in [9.17, 15) is 14.4 Å². The molecule has 0 aromatic heterocycles. The van der Waals surface area contributed by atoms with Gasteiger partial charge in [-0.3, -0.25) is 19.3 Å². The van der Waals surface area contributed by atoms with Gasteiger partial charge in [0.1, 0.15) is 0 Å². The van der Waals surface area contributed by atoms with Crippen LogP contribution in [0.15, 0.2) is 0 Å². The van der Waals surface area contributed by atoms with Crippen LogP contribution in [0.2, 0.25) is 0 Å². The molecule has 2 amide bonds. The summed E-state index contributed by atoms with van der Waals surface area (Å²) in [5, 5.41) is 8.59. The molecule has 2 fully saturated rings. The van der Waals surface area contributed by atoms with Gasteiger partial charge in [-0.05, 0) is 19.3 Å². The number of amides is 2. The summed E-state index contributed by atoms with van der Waals surface area (Å²) in [6.07, 6.45) is 4.39. The molecule has 0 bridgehead atoms. The third-order valence-corrected chi connectivity index (χ3v) is 3.67. The summed E-state index contributed by atoms with van der Waals surface area (Å²) in [4.78, 5) is 35.7. The van der Waals surface area contributed by atoms with Crippen molar-refractivity contribution in [3.63, 3.8) is 0 Å². The first-order valence-corrected chi connectivity index (χ1v) is 6.17. The van der Waals surface area contributed by atoms with Crippen LogP contribution in [0.25, 0.3) is 0 Å². The van der Waals surface area contributed by atoms with Crippen LogP contribution in [0, 0.1) is 5.92 Å². The number of hydrogen-bond acceptors (Lipinski definition) is 3. The van der Waals surface area contributed by atoms with E-state index in [-0.39, 0.29) is 37.1 Å². The van der Waals surface area contributed by atoms with Crippen LogP contribution in [-0.2, 0) is 14.4 Å². The van der Waals surface area contributed by atoms with Crippen LogP contribution >= 0.6 is 0 Å². The number of carbonyl (C=O) groups excluding carboxylic acids is 2. The minimum Gasteiger partial charge on any atom is -0.481 e. The molecular formula is C12H17NO4. The van der Waals surface area contributed by atoms with Gasteiger partial charge >= 0.3 is 5.97 Å². The van der Waals surface area contributed by atoms with Crippen molar-refractivity contribution in [2.75, 3.05) is 0 Å². The first-order valence-electron chi connectivity index (χ1n) is 6.17. The number of hydrogen-bond donors (Lipinski definition) is 1. The Morgan fingerprint density at radius 1 is 1.29 bits per heavy atom. The first kappa shape index (κ1) is 12.1. The van der Waals surface area contributed by atoms with E-state index in [1.54, 1.807) is 0 Å². The van der Waals surface area contributed by atoms with Gasteiger partial charge in [-0.2, -0.15) is 0 Å². The lowest BCUT2D eigenvalue weighted by molar-refractivity contribution is -0.142. The minimum absolute atomic E-state index is 0.0395. The van der Waals surface area contributed by atoms with Crippen LogP contribution in [0.5, 0.6) is 0 Å². The zero-order valence-corrected chi connectivity index (χ0v) is 9.72. The number of imide groups is 1. The monoisotopic (exact) mass is 239 g/mol. The van der Waals surface area contributed by atoms with Crippen LogP contribution in [0.1, 0.15) is 44.9 Å². The van der Waals surface area contributed by atoms with Crippen molar-refractivity contribution in [2.45, 2.75) is 51.0 Å². The molecule has 0 aromatic carbocycles. The predicted molar refractivity (Wildman–Crippen MR) is 59.1 cm³/mol. The average molecular weight is 239 g/mol. The van der Waals surface area contributed by atoms with E-state index in [4.69, 9.17) is 5.11 Å². The molecule has 1 atom stereocenters. The van der Waals surface area contributed by atoms with Crippen molar-refractivity contribution in [1.82, 2.24) is 4.90 Å². The number of likely N-dealkylation sites (tertiary alicyclic amines) is 1. The summed E-state index contributed by atoms with van der Waals surface area (Å²) in [6, 6.07) is 0.0739. The fourth-order valence-corrected chi connectivity index (χ4v) is 2.79. The van der Waals surface area contributed by atoms with Gasteiger partial charge in [-0.1, -0.05) is 12.8 Å². The molecule has 94 valence electrons. The molecule has 1 N–H and O–H groups in total. The second-order valence-electron chi connectivity index (χ2n) is 4.87. The van der Waals surface area contributed by atoms with Crippen LogP contribution in [-0.4, -0.2) is 33.8 Å². The molecule has 1 saturated carbocycles. The summed E-state index contributed by atoms with van der Waals surface area (Å²) < 4.78 is 0. The van der Waals surface area contributed by atoms with Gasteiger partial charge < -0.3 is 5.11 Å². The minimum atomic E-state index is -0.912. The molecule has 0 aromatic rings. The number of carbonyl (C=O) groups is 3. The lowest BCUT2D eigenvalue weighted by Crippen LogP contribution is -2.38. The summed E-state index contributed by atoms with van der Waals surface area (Å²) in [5.41, 5.74) is 0. The Balaban J connectivity index is 1.98. The smallest absolute Gasteiger partial charge is 0.303 e. The maximum atomic E-state index is 12.0. The number of carboxylic acid groups (broad SMARTS) is 1. The summed E-state index contributed by atoms with van der Waals surface area (Å²) in [6.45, 7) is 0. The highest BCUT2D eigenvalue weighted by atomic mass is 16.4. The zero-order valence-electron chi connectivity index (χ0n) is 9.72. The van der Waals surface area contributed by atoms with Gasteiger partial charge in [0, 0.05) is 24.8 Å². The van der Waals surface area contributed by atoms with Crippen LogP contribution < -0.4 is 0 Å². The third-order valence-electron chi connectivity index (χ3n) is 3.67. The molecule has 1 unspecified atom stereocenters. The zero-order chi connectivity index (χ0) is 12.4. The van der Waals surface area contributed by atoms with Gasteiger partial charge in [-0.25, -0.2) is 0 Å².